The van der Waals surface area contributed by atoms with E-state index in [2.05, 4.69) is 284 Å². The SMILES string of the molecule is CC1c2ccccc2-c2c1cccc2N(c1ccccc1)c1cc2c(c3ccccc13)-c1ccc(/C=C(/Cc3cccc4c3c3ccccc3n4C)c3ccccc3)cc1C2(c1ccccc1)c1ccccc1. The van der Waals surface area contributed by atoms with Crippen molar-refractivity contribution < 1.29 is 0 Å². The molecule has 0 amide bonds. The zero-order valence-corrected chi connectivity index (χ0v) is 41.0. The Bertz CT molecular complexity index is 4090. The van der Waals surface area contributed by atoms with Gasteiger partial charge in [-0.2, -0.15) is 0 Å². The summed E-state index contributed by atoms with van der Waals surface area (Å²) in [6.45, 7) is 2.36. The van der Waals surface area contributed by atoms with Gasteiger partial charge >= 0.3 is 0 Å². The maximum Gasteiger partial charge on any atom is 0.0714 e. The molecule has 11 aromatic carbocycles. The standard InChI is InChI=1S/C71H52N2/c1-47-55-32-15-17-34-58(55)70-56(47)37-22-40-66(70)73(54-30-13-6-14-31-54)67-46-63-69(59-35-18-16-33-57(59)67)60-42-41-48(44-62(60)71(63,52-26-9-4-10-27-52)53-28-11-5-12-29-53)43-51(49-23-7-3-8-24-49)45-50-25-21-39-65-68(50)61-36-19-20-38-64(61)72(65)2/h3-44,46-47H,45H2,1-2H3/b51-43-. The van der Waals surface area contributed by atoms with Gasteiger partial charge in [0.1, 0.15) is 0 Å². The Labute approximate surface area is 427 Å². The third kappa shape index (κ3) is 6.57. The quantitative estimate of drug-likeness (QED) is 0.131. The number of rotatable bonds is 9. The van der Waals surface area contributed by atoms with Crippen LogP contribution in [-0.2, 0) is 18.9 Å². The van der Waals surface area contributed by atoms with Crippen LogP contribution < -0.4 is 4.90 Å². The molecule has 0 N–H and O–H groups in total. The number of allylic oxidation sites excluding steroid dienone is 1. The highest BCUT2D eigenvalue weighted by atomic mass is 15.1. The fourth-order valence-electron chi connectivity index (χ4n) is 13.0. The number of aryl methyl sites for hydroxylation is 1. The van der Waals surface area contributed by atoms with E-state index >= 15 is 0 Å². The number of anilines is 3. The first kappa shape index (κ1) is 42.9. The Kier molecular flexibility index (Phi) is 10.0. The van der Waals surface area contributed by atoms with E-state index < -0.39 is 5.41 Å². The highest BCUT2D eigenvalue weighted by Gasteiger charge is 2.48. The molecule has 1 heterocycles. The molecule has 0 fully saturated rings. The van der Waals surface area contributed by atoms with Crippen molar-refractivity contribution >= 4 is 61.3 Å². The second kappa shape index (κ2) is 17.1. The molecule has 2 nitrogen and oxygen atoms in total. The number of hydrogen-bond acceptors (Lipinski definition) is 1. The van der Waals surface area contributed by atoms with Crippen LogP contribution in [0.15, 0.2) is 255 Å². The maximum atomic E-state index is 2.56. The van der Waals surface area contributed by atoms with Crippen LogP contribution in [0.1, 0.15) is 62.9 Å². The number of para-hydroxylation sites is 2. The Morgan fingerprint density at radius 2 is 1.08 bits per heavy atom. The number of aromatic nitrogens is 1. The van der Waals surface area contributed by atoms with Gasteiger partial charge in [-0.1, -0.05) is 225 Å². The molecule has 0 saturated carbocycles. The number of fused-ring (bicyclic) bond motifs is 11. The minimum atomic E-state index is -0.667. The van der Waals surface area contributed by atoms with Crippen molar-refractivity contribution in [2.75, 3.05) is 4.90 Å². The average molecular weight is 933 g/mol. The largest absolute Gasteiger partial charge is 0.344 e. The van der Waals surface area contributed by atoms with Gasteiger partial charge in [-0.05, 0) is 127 Å². The van der Waals surface area contributed by atoms with Crippen molar-refractivity contribution in [3.63, 3.8) is 0 Å². The van der Waals surface area contributed by atoms with E-state index in [4.69, 9.17) is 0 Å². The van der Waals surface area contributed by atoms with Crippen molar-refractivity contribution in [3.05, 3.63) is 305 Å². The molecule has 2 heteroatoms. The lowest BCUT2D eigenvalue weighted by atomic mass is 9.67. The van der Waals surface area contributed by atoms with E-state index in [1.54, 1.807) is 0 Å². The van der Waals surface area contributed by atoms with Crippen molar-refractivity contribution in [1.82, 2.24) is 4.57 Å². The molecule has 73 heavy (non-hydrogen) atoms. The van der Waals surface area contributed by atoms with Gasteiger partial charge < -0.3 is 9.47 Å². The third-order valence-electron chi connectivity index (χ3n) is 16.2. The molecule has 12 aromatic rings. The van der Waals surface area contributed by atoms with Gasteiger partial charge in [-0.25, -0.2) is 0 Å². The maximum absolute atomic E-state index is 2.56. The minimum Gasteiger partial charge on any atom is -0.344 e. The van der Waals surface area contributed by atoms with Gasteiger partial charge in [0.15, 0.2) is 0 Å². The molecule has 14 rings (SSSR count). The van der Waals surface area contributed by atoms with Crippen LogP contribution in [0.4, 0.5) is 17.1 Å². The molecular formula is C71H52N2. The van der Waals surface area contributed by atoms with Crippen molar-refractivity contribution in [3.8, 4) is 22.3 Å². The summed E-state index contributed by atoms with van der Waals surface area (Å²) in [4.78, 5) is 2.55. The van der Waals surface area contributed by atoms with Gasteiger partial charge in [0.25, 0.3) is 0 Å². The summed E-state index contributed by atoms with van der Waals surface area (Å²) in [6.07, 6.45) is 3.24. The van der Waals surface area contributed by atoms with Crippen LogP contribution in [0.3, 0.4) is 0 Å². The van der Waals surface area contributed by atoms with Crippen LogP contribution >= 0.6 is 0 Å². The zero-order valence-electron chi connectivity index (χ0n) is 41.0. The molecular weight excluding hydrogens is 881 g/mol. The van der Waals surface area contributed by atoms with Crippen LogP contribution in [-0.4, -0.2) is 4.57 Å². The van der Waals surface area contributed by atoms with Crippen molar-refractivity contribution in [1.29, 1.82) is 0 Å². The summed E-state index contributed by atoms with van der Waals surface area (Å²) >= 11 is 0. The Morgan fingerprint density at radius 3 is 1.84 bits per heavy atom. The summed E-state index contributed by atoms with van der Waals surface area (Å²) in [5.74, 6) is 0.288. The normalized spacial score (nSPS) is 14.3. The Hall–Kier alpha value is -8.98. The predicted molar refractivity (Wildman–Crippen MR) is 307 cm³/mol. The van der Waals surface area contributed by atoms with Crippen LogP contribution in [0, 0.1) is 0 Å². The minimum absolute atomic E-state index is 0.288. The van der Waals surface area contributed by atoms with Gasteiger partial charge in [0.2, 0.25) is 0 Å². The smallest absolute Gasteiger partial charge is 0.0714 e. The summed E-state index contributed by atoms with van der Waals surface area (Å²) < 4.78 is 2.34. The number of benzene rings is 11. The van der Waals surface area contributed by atoms with Gasteiger partial charge in [-0.15, -0.1) is 0 Å². The molecule has 1 aromatic heterocycles. The van der Waals surface area contributed by atoms with E-state index in [0.717, 1.165) is 17.8 Å². The van der Waals surface area contributed by atoms with Crippen molar-refractivity contribution in [2.45, 2.75) is 24.7 Å². The third-order valence-corrected chi connectivity index (χ3v) is 16.2. The molecule has 0 spiro atoms. The molecule has 1 unspecified atom stereocenters. The second-order valence-corrected chi connectivity index (χ2v) is 20.0. The lowest BCUT2D eigenvalue weighted by Gasteiger charge is -2.36. The zero-order chi connectivity index (χ0) is 48.6. The first-order valence-corrected chi connectivity index (χ1v) is 25.7. The highest BCUT2D eigenvalue weighted by molar-refractivity contribution is 6.13. The summed E-state index contributed by atoms with van der Waals surface area (Å²) in [5.41, 5.74) is 23.3. The van der Waals surface area contributed by atoms with E-state index in [1.165, 1.54) is 116 Å². The lowest BCUT2D eigenvalue weighted by Crippen LogP contribution is -2.29. The molecule has 0 aliphatic heterocycles. The average Bonchev–Trinajstić information content (AvgIpc) is 4.04. The summed E-state index contributed by atoms with van der Waals surface area (Å²) in [5, 5.41) is 5.07. The van der Waals surface area contributed by atoms with Gasteiger partial charge in [-0.3, -0.25) is 0 Å². The highest BCUT2D eigenvalue weighted by Crippen LogP contribution is 2.61. The van der Waals surface area contributed by atoms with Crippen LogP contribution in [0.25, 0.3) is 66.5 Å². The second-order valence-electron chi connectivity index (χ2n) is 20.0. The van der Waals surface area contributed by atoms with Gasteiger partial charge in [0, 0.05) is 51.4 Å². The first-order valence-electron chi connectivity index (χ1n) is 25.7. The van der Waals surface area contributed by atoms with Gasteiger partial charge in [0.05, 0.1) is 16.8 Å². The molecule has 2 aliphatic rings. The Morgan fingerprint density at radius 1 is 0.479 bits per heavy atom. The topological polar surface area (TPSA) is 8.17 Å². The fraction of sp³-hybridized carbons (Fsp3) is 0.0704. The van der Waals surface area contributed by atoms with Crippen LogP contribution in [0.5, 0.6) is 0 Å². The number of hydrogen-bond donors (Lipinski definition) is 0. The van der Waals surface area contributed by atoms with E-state index in [1.807, 2.05) is 0 Å². The predicted octanol–water partition coefficient (Wildman–Crippen LogP) is 18.2. The monoisotopic (exact) mass is 932 g/mol. The Balaban J connectivity index is 1.04. The molecule has 0 radical (unpaired) electrons. The number of nitrogens with zero attached hydrogens (tertiary/aromatic N) is 2. The van der Waals surface area contributed by atoms with Crippen molar-refractivity contribution in [2.24, 2.45) is 7.05 Å². The lowest BCUT2D eigenvalue weighted by molar-refractivity contribution is 0.769. The molecule has 346 valence electrons. The van der Waals surface area contributed by atoms with Crippen LogP contribution in [0.2, 0.25) is 0 Å². The first-order chi connectivity index (χ1) is 36.1. The molecule has 1 atom stereocenters. The molecule has 0 saturated heterocycles. The molecule has 0 bridgehead atoms. The van der Waals surface area contributed by atoms with E-state index in [0.29, 0.717) is 0 Å². The van der Waals surface area contributed by atoms with E-state index in [9.17, 15) is 0 Å². The van der Waals surface area contributed by atoms with E-state index in [-0.39, 0.29) is 5.92 Å². The summed E-state index contributed by atoms with van der Waals surface area (Å²) in [6, 6.07) is 95.1. The summed E-state index contributed by atoms with van der Waals surface area (Å²) in [7, 11) is 2.19. The fourth-order valence-corrected chi connectivity index (χ4v) is 13.0. The molecule has 2 aliphatic carbocycles.